The van der Waals surface area contributed by atoms with Gasteiger partial charge in [0.25, 0.3) is 0 Å². The number of nitrogen functional groups attached to an aromatic ring is 2. The molecule has 0 saturated heterocycles. The number of rotatable bonds is 2. The zero-order valence-corrected chi connectivity index (χ0v) is 16.7. The maximum absolute atomic E-state index is 13.5. The van der Waals surface area contributed by atoms with Crippen LogP contribution in [0.1, 0.15) is 23.7 Å². The Labute approximate surface area is 178 Å². The molecule has 31 heavy (non-hydrogen) atoms. The fourth-order valence-electron chi connectivity index (χ4n) is 3.10. The van der Waals surface area contributed by atoms with Gasteiger partial charge in [0.05, 0.1) is 11.1 Å². The van der Waals surface area contributed by atoms with Crippen LogP contribution in [0.5, 0.6) is 0 Å². The van der Waals surface area contributed by atoms with Crippen molar-refractivity contribution in [1.29, 1.82) is 10.5 Å². The summed E-state index contributed by atoms with van der Waals surface area (Å²) in [7, 11) is 0. The highest BCUT2D eigenvalue weighted by Gasteiger charge is 2.16. The zero-order valence-electron chi connectivity index (χ0n) is 16.7. The van der Waals surface area contributed by atoms with Crippen LogP contribution in [0.25, 0.3) is 22.0 Å². The smallest absolute Gasteiger partial charge is 0.146 e. The summed E-state index contributed by atoms with van der Waals surface area (Å²) in [5.41, 5.74) is 14.4. The first kappa shape index (κ1) is 21.2. The lowest BCUT2D eigenvalue weighted by Gasteiger charge is -2.12. The van der Waals surface area contributed by atoms with Crippen molar-refractivity contribution in [3.63, 3.8) is 0 Å². The summed E-state index contributed by atoms with van der Waals surface area (Å²) >= 11 is 0. The molecule has 0 radical (unpaired) electrons. The Kier molecular flexibility index (Phi) is 6.34. The van der Waals surface area contributed by atoms with E-state index in [1.807, 2.05) is 37.3 Å². The molecular formula is C23H18FN7. The molecule has 4 N–H and O–H groups in total. The summed E-state index contributed by atoms with van der Waals surface area (Å²) in [5, 5.41) is 18.6. The van der Waals surface area contributed by atoms with Crippen molar-refractivity contribution in [3.8, 4) is 23.3 Å². The van der Waals surface area contributed by atoms with Gasteiger partial charge in [0, 0.05) is 16.6 Å². The van der Waals surface area contributed by atoms with Gasteiger partial charge in [-0.25, -0.2) is 14.4 Å². The molecular weight excluding hydrogens is 393 g/mol. The summed E-state index contributed by atoms with van der Waals surface area (Å²) in [4.78, 5) is 11.8. The summed E-state index contributed by atoms with van der Waals surface area (Å²) in [5.74, 6) is -0.117. The molecule has 152 valence electrons. The van der Waals surface area contributed by atoms with E-state index < -0.39 is 0 Å². The van der Waals surface area contributed by atoms with Gasteiger partial charge in [0.1, 0.15) is 41.5 Å². The molecule has 0 spiro atoms. The average molecular weight is 411 g/mol. The van der Waals surface area contributed by atoms with Crippen LogP contribution in [0.2, 0.25) is 0 Å². The highest BCUT2D eigenvalue weighted by atomic mass is 19.1. The van der Waals surface area contributed by atoms with E-state index in [-0.39, 0.29) is 23.0 Å². The first-order valence-electron chi connectivity index (χ1n) is 9.33. The van der Waals surface area contributed by atoms with E-state index in [1.165, 1.54) is 18.5 Å². The van der Waals surface area contributed by atoms with E-state index in [9.17, 15) is 9.65 Å². The molecule has 2 aromatic carbocycles. The van der Waals surface area contributed by atoms with Crippen molar-refractivity contribution >= 4 is 22.5 Å². The van der Waals surface area contributed by atoms with Crippen LogP contribution in [-0.4, -0.2) is 15.0 Å². The van der Waals surface area contributed by atoms with Crippen LogP contribution in [0, 0.1) is 28.5 Å². The third-order valence-electron chi connectivity index (χ3n) is 4.55. The van der Waals surface area contributed by atoms with Crippen LogP contribution in [0.4, 0.5) is 16.0 Å². The number of pyridine rings is 1. The maximum Gasteiger partial charge on any atom is 0.146 e. The molecule has 7 nitrogen and oxygen atoms in total. The van der Waals surface area contributed by atoms with E-state index in [0.29, 0.717) is 22.9 Å². The normalized spacial score (nSPS) is 9.94. The standard InChI is InChI=1S/C18H13FN2.C5H5N5/c1-2-16-18(12-6-4-3-5-7-12)15(11-20)14-10-13(19)8-9-17(14)21-16;6-1-3-4(7)9-2-10-5(3)8/h3-10H,2H2,1H3;2H,(H4,7,8,9,10). The Morgan fingerprint density at radius 1 is 0.935 bits per heavy atom. The largest absolute Gasteiger partial charge is 0.382 e. The SMILES string of the molecule is CCc1nc2ccc(F)cc2c(C#N)c1-c1ccccc1.N#Cc1c(N)ncnc1N. The Hall–Kier alpha value is -4.56. The van der Waals surface area contributed by atoms with Crippen LogP contribution in [0.3, 0.4) is 0 Å². The minimum Gasteiger partial charge on any atom is -0.382 e. The number of benzene rings is 2. The molecule has 0 amide bonds. The Morgan fingerprint density at radius 2 is 1.58 bits per heavy atom. The summed E-state index contributed by atoms with van der Waals surface area (Å²) < 4.78 is 13.5. The van der Waals surface area contributed by atoms with Gasteiger partial charge in [-0.15, -0.1) is 0 Å². The zero-order chi connectivity index (χ0) is 22.4. The molecule has 0 bridgehead atoms. The van der Waals surface area contributed by atoms with Gasteiger partial charge in [0.2, 0.25) is 0 Å². The number of aromatic nitrogens is 3. The molecule has 8 heteroatoms. The maximum atomic E-state index is 13.5. The minimum absolute atomic E-state index is 0.120. The van der Waals surface area contributed by atoms with Gasteiger partial charge < -0.3 is 11.5 Å². The van der Waals surface area contributed by atoms with Gasteiger partial charge in [-0.3, -0.25) is 4.98 Å². The van der Waals surface area contributed by atoms with Gasteiger partial charge in [0.15, 0.2) is 0 Å². The molecule has 4 aromatic rings. The molecule has 2 heterocycles. The number of fused-ring (bicyclic) bond motifs is 1. The summed E-state index contributed by atoms with van der Waals surface area (Å²) in [6.45, 7) is 2.01. The molecule has 4 rings (SSSR count). The molecule has 0 aliphatic carbocycles. The highest BCUT2D eigenvalue weighted by molar-refractivity contribution is 5.92. The lowest BCUT2D eigenvalue weighted by molar-refractivity contribution is 0.629. The van der Waals surface area contributed by atoms with Gasteiger partial charge >= 0.3 is 0 Å². The van der Waals surface area contributed by atoms with Gasteiger partial charge in [-0.2, -0.15) is 10.5 Å². The first-order valence-corrected chi connectivity index (χ1v) is 9.33. The fourth-order valence-corrected chi connectivity index (χ4v) is 3.10. The molecule has 0 atom stereocenters. The Morgan fingerprint density at radius 3 is 2.13 bits per heavy atom. The number of nitrogens with zero attached hydrogens (tertiary/aromatic N) is 5. The Bertz CT molecular complexity index is 1300. The third-order valence-corrected chi connectivity index (χ3v) is 4.55. The van der Waals surface area contributed by atoms with Crippen molar-refractivity contribution in [1.82, 2.24) is 15.0 Å². The molecule has 0 fully saturated rings. The summed E-state index contributed by atoms with van der Waals surface area (Å²) in [6, 6.07) is 18.1. The minimum atomic E-state index is -0.357. The number of nitrogens with two attached hydrogens (primary N) is 2. The molecule has 0 aliphatic rings. The monoisotopic (exact) mass is 411 g/mol. The lowest BCUT2D eigenvalue weighted by atomic mass is 9.94. The van der Waals surface area contributed by atoms with E-state index in [2.05, 4.69) is 21.0 Å². The molecule has 0 saturated carbocycles. The Balaban J connectivity index is 0.000000229. The average Bonchev–Trinajstić information content (AvgIpc) is 2.79. The molecule has 2 aromatic heterocycles. The third kappa shape index (κ3) is 4.39. The van der Waals surface area contributed by atoms with Crippen molar-refractivity contribution in [2.24, 2.45) is 0 Å². The molecule has 0 unspecified atom stereocenters. The number of nitriles is 2. The predicted octanol–water partition coefficient (Wildman–Crippen LogP) is 3.99. The van der Waals surface area contributed by atoms with E-state index in [0.717, 1.165) is 16.8 Å². The number of hydrogen-bond acceptors (Lipinski definition) is 7. The highest BCUT2D eigenvalue weighted by Crippen LogP contribution is 2.32. The van der Waals surface area contributed by atoms with Gasteiger partial charge in [-0.1, -0.05) is 37.3 Å². The second kappa shape index (κ2) is 9.29. The number of anilines is 2. The van der Waals surface area contributed by atoms with Crippen LogP contribution in [-0.2, 0) is 6.42 Å². The van der Waals surface area contributed by atoms with Crippen LogP contribution < -0.4 is 11.5 Å². The lowest BCUT2D eigenvalue weighted by Crippen LogP contribution is -2.01. The van der Waals surface area contributed by atoms with E-state index in [1.54, 1.807) is 12.1 Å². The van der Waals surface area contributed by atoms with E-state index in [4.69, 9.17) is 16.7 Å². The van der Waals surface area contributed by atoms with Gasteiger partial charge in [-0.05, 0) is 30.2 Å². The second-order valence-corrected chi connectivity index (χ2v) is 6.43. The van der Waals surface area contributed by atoms with Crippen LogP contribution >= 0.6 is 0 Å². The van der Waals surface area contributed by atoms with Crippen molar-refractivity contribution in [3.05, 3.63) is 77.5 Å². The number of hydrogen-bond donors (Lipinski definition) is 2. The van der Waals surface area contributed by atoms with Crippen LogP contribution in [0.15, 0.2) is 54.9 Å². The quantitative estimate of drug-likeness (QED) is 0.508. The number of aryl methyl sites for hydroxylation is 1. The number of halogens is 1. The fraction of sp³-hybridized carbons (Fsp3) is 0.0870. The van der Waals surface area contributed by atoms with E-state index >= 15 is 0 Å². The topological polar surface area (TPSA) is 138 Å². The summed E-state index contributed by atoms with van der Waals surface area (Å²) in [6.07, 6.45) is 1.93. The second-order valence-electron chi connectivity index (χ2n) is 6.43. The predicted molar refractivity (Wildman–Crippen MR) is 117 cm³/mol. The van der Waals surface area contributed by atoms with Crippen molar-refractivity contribution < 1.29 is 4.39 Å². The van der Waals surface area contributed by atoms with Crippen molar-refractivity contribution in [2.75, 3.05) is 11.5 Å². The first-order chi connectivity index (χ1) is 15.0. The molecule has 0 aliphatic heterocycles. The van der Waals surface area contributed by atoms with Crippen molar-refractivity contribution in [2.45, 2.75) is 13.3 Å².